The molecule has 5 aromatic rings. The van der Waals surface area contributed by atoms with Crippen LogP contribution in [0.1, 0.15) is 23.7 Å². The normalized spacial score (nSPS) is 13.8. The summed E-state index contributed by atoms with van der Waals surface area (Å²) in [4.78, 5) is 27.8. The van der Waals surface area contributed by atoms with E-state index in [1.54, 1.807) is 40.6 Å². The van der Waals surface area contributed by atoms with Gasteiger partial charge in [0.25, 0.3) is 0 Å². The van der Waals surface area contributed by atoms with Crippen LogP contribution in [0.3, 0.4) is 0 Å². The fraction of sp³-hybridized carbons (Fsp3) is 0.312. The molecule has 43 heavy (non-hydrogen) atoms. The summed E-state index contributed by atoms with van der Waals surface area (Å²) in [6.07, 6.45) is 11.9. The van der Waals surface area contributed by atoms with Gasteiger partial charge in [0.1, 0.15) is 18.4 Å². The molecular formula is C32H34N10O. The third-order valence-electron chi connectivity index (χ3n) is 7.90. The summed E-state index contributed by atoms with van der Waals surface area (Å²) in [5.74, 6) is 0.897. The van der Waals surface area contributed by atoms with Gasteiger partial charge in [-0.2, -0.15) is 15.5 Å². The molecule has 0 N–H and O–H groups in total. The number of anilines is 1. The topological polar surface area (TPSA) is 111 Å². The zero-order chi connectivity index (χ0) is 29.9. The molecule has 6 heterocycles. The third kappa shape index (κ3) is 5.96. The highest BCUT2D eigenvalue weighted by Crippen LogP contribution is 2.32. The number of amides is 1. The van der Waals surface area contributed by atoms with Crippen LogP contribution in [-0.4, -0.2) is 85.3 Å². The molecule has 0 aromatic carbocycles. The van der Waals surface area contributed by atoms with Crippen molar-refractivity contribution in [1.82, 2.24) is 39.2 Å². The molecule has 1 fully saturated rings. The minimum Gasteiger partial charge on any atom is -0.354 e. The highest BCUT2D eigenvalue weighted by molar-refractivity contribution is 5.87. The number of nitrogens with zero attached hydrogens (tertiary/aromatic N) is 10. The Morgan fingerprint density at radius 1 is 0.930 bits per heavy atom. The molecule has 0 radical (unpaired) electrons. The molecule has 0 atom stereocenters. The lowest BCUT2D eigenvalue weighted by molar-refractivity contribution is -0.129. The van der Waals surface area contributed by atoms with Gasteiger partial charge in [-0.15, -0.1) is 0 Å². The quantitative estimate of drug-likeness (QED) is 0.277. The molecule has 1 amide bonds. The average molecular weight is 575 g/mol. The number of carbonyl (C=O) groups excluding carboxylic acids is 1. The molecule has 0 aliphatic carbocycles. The zero-order valence-electron chi connectivity index (χ0n) is 24.7. The first-order chi connectivity index (χ1) is 20.9. The van der Waals surface area contributed by atoms with Crippen molar-refractivity contribution in [3.05, 3.63) is 84.3 Å². The van der Waals surface area contributed by atoms with Crippen LogP contribution in [0.25, 0.3) is 27.8 Å². The Balaban J connectivity index is 1.20. The minimum atomic E-state index is -0.0388. The van der Waals surface area contributed by atoms with Gasteiger partial charge in [0.15, 0.2) is 0 Å². The van der Waals surface area contributed by atoms with Crippen molar-refractivity contribution in [2.45, 2.75) is 26.4 Å². The molecule has 11 nitrogen and oxygen atoms in total. The smallest absolute Gasteiger partial charge is 0.243 e. The number of pyridine rings is 3. The van der Waals surface area contributed by atoms with E-state index in [2.05, 4.69) is 62.2 Å². The molecular weight excluding hydrogens is 540 g/mol. The number of aryl methyl sites for hydroxylation is 1. The largest absolute Gasteiger partial charge is 0.354 e. The Hall–Kier alpha value is -5.08. The number of nitriles is 1. The maximum atomic E-state index is 12.2. The van der Waals surface area contributed by atoms with Crippen molar-refractivity contribution in [2.75, 3.05) is 45.2 Å². The number of piperazine rings is 1. The van der Waals surface area contributed by atoms with Crippen LogP contribution in [-0.2, 0) is 24.3 Å². The average Bonchev–Trinajstić information content (AvgIpc) is 3.68. The van der Waals surface area contributed by atoms with Crippen molar-refractivity contribution < 1.29 is 4.79 Å². The first-order valence-electron chi connectivity index (χ1n) is 14.4. The fourth-order valence-electron chi connectivity index (χ4n) is 5.34. The van der Waals surface area contributed by atoms with Gasteiger partial charge >= 0.3 is 0 Å². The molecule has 0 bridgehead atoms. The van der Waals surface area contributed by atoms with E-state index in [1.165, 1.54) is 5.56 Å². The summed E-state index contributed by atoms with van der Waals surface area (Å²) < 4.78 is 3.35. The van der Waals surface area contributed by atoms with E-state index < -0.39 is 0 Å². The first-order valence-corrected chi connectivity index (χ1v) is 14.4. The number of aromatic nitrogens is 6. The number of rotatable bonds is 8. The van der Waals surface area contributed by atoms with E-state index in [-0.39, 0.29) is 12.5 Å². The molecule has 1 saturated heterocycles. The second-order valence-corrected chi connectivity index (χ2v) is 11.0. The fourth-order valence-corrected chi connectivity index (χ4v) is 5.34. The van der Waals surface area contributed by atoms with E-state index >= 15 is 0 Å². The van der Waals surface area contributed by atoms with E-state index in [1.807, 2.05) is 30.9 Å². The second-order valence-electron chi connectivity index (χ2n) is 11.0. The SMILES string of the molecule is CCc1ccc(CN2CCN(c3ccc(-c4cc(-c5cnn(CC(=O)N(C)C)c5)cn5ncc(C#N)c45)cn3)CC2)cn1. The summed E-state index contributed by atoms with van der Waals surface area (Å²) in [5, 5.41) is 18.6. The van der Waals surface area contributed by atoms with E-state index in [0.717, 1.165) is 78.4 Å². The Morgan fingerprint density at radius 3 is 2.44 bits per heavy atom. The molecule has 1 aliphatic heterocycles. The lowest BCUT2D eigenvalue weighted by atomic mass is 10.0. The van der Waals surface area contributed by atoms with Crippen molar-refractivity contribution >= 4 is 17.2 Å². The summed E-state index contributed by atoms with van der Waals surface area (Å²) in [7, 11) is 3.45. The number of hydrogen-bond donors (Lipinski definition) is 0. The molecule has 6 rings (SSSR count). The van der Waals surface area contributed by atoms with E-state index in [9.17, 15) is 10.1 Å². The van der Waals surface area contributed by atoms with Crippen LogP contribution in [0.2, 0.25) is 0 Å². The second kappa shape index (κ2) is 12.0. The van der Waals surface area contributed by atoms with E-state index in [0.29, 0.717) is 5.56 Å². The van der Waals surface area contributed by atoms with Gasteiger partial charge in [-0.3, -0.25) is 19.4 Å². The van der Waals surface area contributed by atoms with Gasteiger partial charge in [0, 0.05) is 99.6 Å². The van der Waals surface area contributed by atoms with Gasteiger partial charge < -0.3 is 9.80 Å². The predicted molar refractivity (Wildman–Crippen MR) is 164 cm³/mol. The van der Waals surface area contributed by atoms with Crippen molar-refractivity contribution in [3.8, 4) is 28.3 Å². The maximum absolute atomic E-state index is 12.2. The highest BCUT2D eigenvalue weighted by Gasteiger charge is 2.20. The number of carbonyl (C=O) groups is 1. The summed E-state index contributed by atoms with van der Waals surface area (Å²) in [6, 6.07) is 12.7. The number of likely N-dealkylation sites (N-methyl/N-ethyl adjacent to an activating group) is 1. The third-order valence-corrected chi connectivity index (χ3v) is 7.90. The predicted octanol–water partition coefficient (Wildman–Crippen LogP) is 3.50. The standard InChI is InChI=1S/C32H34N10O/c1-4-28-7-5-23(15-34-28)19-39-9-11-40(12-10-39)30-8-6-24(16-35-30)29-13-25(21-42-32(29)26(14-33)17-37-42)27-18-36-41(20-27)22-31(43)38(2)3/h5-8,13,15-18,20-21H,4,9-12,19,22H2,1-3H3. The summed E-state index contributed by atoms with van der Waals surface area (Å²) in [6.45, 7) is 6.89. The Morgan fingerprint density at radius 2 is 1.77 bits per heavy atom. The Labute approximate surface area is 250 Å². The van der Waals surface area contributed by atoms with Crippen LogP contribution in [0.15, 0.2) is 67.5 Å². The number of fused-ring (bicyclic) bond motifs is 1. The molecule has 1 aliphatic rings. The molecule has 11 heteroatoms. The van der Waals surface area contributed by atoms with Crippen LogP contribution >= 0.6 is 0 Å². The molecule has 0 unspecified atom stereocenters. The molecule has 218 valence electrons. The molecule has 0 spiro atoms. The Bertz CT molecular complexity index is 1770. The van der Waals surface area contributed by atoms with Crippen molar-refractivity contribution in [1.29, 1.82) is 5.26 Å². The number of hydrogen-bond acceptors (Lipinski definition) is 8. The Kier molecular flexibility index (Phi) is 7.85. The van der Waals surface area contributed by atoms with Gasteiger partial charge in [-0.1, -0.05) is 13.0 Å². The lowest BCUT2D eigenvalue weighted by Crippen LogP contribution is -2.46. The van der Waals surface area contributed by atoms with Gasteiger partial charge in [0.05, 0.1) is 23.5 Å². The van der Waals surface area contributed by atoms with Gasteiger partial charge in [0.2, 0.25) is 5.91 Å². The summed E-state index contributed by atoms with van der Waals surface area (Å²) in [5.41, 5.74) is 7.06. The summed E-state index contributed by atoms with van der Waals surface area (Å²) >= 11 is 0. The monoisotopic (exact) mass is 574 g/mol. The lowest BCUT2D eigenvalue weighted by Gasteiger charge is -2.35. The zero-order valence-corrected chi connectivity index (χ0v) is 24.7. The highest BCUT2D eigenvalue weighted by atomic mass is 16.2. The molecule has 5 aromatic heterocycles. The van der Waals surface area contributed by atoms with Crippen LogP contribution in [0.5, 0.6) is 0 Å². The van der Waals surface area contributed by atoms with Crippen molar-refractivity contribution in [3.63, 3.8) is 0 Å². The van der Waals surface area contributed by atoms with Crippen LogP contribution in [0.4, 0.5) is 5.82 Å². The molecule has 0 saturated carbocycles. The van der Waals surface area contributed by atoms with Gasteiger partial charge in [-0.25, -0.2) is 9.50 Å². The maximum Gasteiger partial charge on any atom is 0.243 e. The minimum absolute atomic E-state index is 0.0388. The first kappa shape index (κ1) is 28.1. The van der Waals surface area contributed by atoms with E-state index in [4.69, 9.17) is 4.98 Å². The van der Waals surface area contributed by atoms with Crippen LogP contribution < -0.4 is 4.90 Å². The van der Waals surface area contributed by atoms with Crippen molar-refractivity contribution in [2.24, 2.45) is 0 Å². The van der Waals surface area contributed by atoms with Crippen LogP contribution in [0, 0.1) is 11.3 Å². The van der Waals surface area contributed by atoms with Gasteiger partial charge in [-0.05, 0) is 36.2 Å².